The number of nitrogens with zero attached hydrogens (tertiary/aromatic N) is 3. The molecule has 6 heteroatoms. The van der Waals surface area contributed by atoms with Crippen LogP contribution in [0.5, 0.6) is 0 Å². The molecule has 0 aliphatic carbocycles. The number of nitrogens with one attached hydrogen (secondary N) is 1. The van der Waals surface area contributed by atoms with Crippen LogP contribution in [-0.2, 0) is 11.2 Å². The first-order valence-electron chi connectivity index (χ1n) is 12.1. The molecule has 34 heavy (non-hydrogen) atoms. The maximum Gasteiger partial charge on any atom is 0.242 e. The summed E-state index contributed by atoms with van der Waals surface area (Å²) in [5.41, 5.74) is 4.94. The van der Waals surface area contributed by atoms with Crippen LogP contribution in [0, 0.1) is 6.92 Å². The Morgan fingerprint density at radius 1 is 1.03 bits per heavy atom. The molecule has 0 bridgehead atoms. The molecule has 3 unspecified atom stereocenters. The molecule has 0 spiro atoms. The van der Waals surface area contributed by atoms with Gasteiger partial charge in [0.05, 0.1) is 11.4 Å². The van der Waals surface area contributed by atoms with Gasteiger partial charge in [-0.3, -0.25) is 20.0 Å². The highest BCUT2D eigenvalue weighted by Crippen LogP contribution is 2.36. The Hall–Kier alpha value is -2.67. The largest absolute Gasteiger partial charge is 0.320 e. The molecular formula is C28H32N4OS. The summed E-state index contributed by atoms with van der Waals surface area (Å²) < 4.78 is 0. The maximum atomic E-state index is 13.7. The molecule has 3 atom stereocenters. The number of carbonyl (C=O) groups is 1. The molecule has 0 radical (unpaired) electrons. The van der Waals surface area contributed by atoms with Crippen molar-refractivity contribution < 1.29 is 4.79 Å². The van der Waals surface area contributed by atoms with E-state index in [0.717, 1.165) is 43.8 Å². The van der Waals surface area contributed by atoms with E-state index >= 15 is 0 Å². The summed E-state index contributed by atoms with van der Waals surface area (Å²) >= 11 is 1.79. The highest BCUT2D eigenvalue weighted by molar-refractivity contribution is 7.99. The van der Waals surface area contributed by atoms with Crippen molar-refractivity contribution in [1.29, 1.82) is 0 Å². The molecule has 1 N–H and O–H groups in total. The number of amides is 1. The van der Waals surface area contributed by atoms with Crippen LogP contribution in [0.2, 0.25) is 0 Å². The molecule has 2 aliphatic rings. The van der Waals surface area contributed by atoms with E-state index in [9.17, 15) is 4.79 Å². The summed E-state index contributed by atoms with van der Waals surface area (Å²) in [5, 5.41) is 3.67. The topological polar surface area (TPSA) is 48.5 Å². The molecule has 2 aromatic carbocycles. The first-order valence-corrected chi connectivity index (χ1v) is 13.2. The van der Waals surface area contributed by atoms with Crippen molar-refractivity contribution in [2.24, 2.45) is 0 Å². The van der Waals surface area contributed by atoms with E-state index in [-0.39, 0.29) is 23.5 Å². The average molecular weight is 473 g/mol. The lowest BCUT2D eigenvalue weighted by Crippen LogP contribution is -2.46. The van der Waals surface area contributed by atoms with Gasteiger partial charge in [-0.25, -0.2) is 0 Å². The van der Waals surface area contributed by atoms with Crippen LogP contribution in [0.4, 0.5) is 0 Å². The summed E-state index contributed by atoms with van der Waals surface area (Å²) in [5.74, 6) is 0.985. The summed E-state index contributed by atoms with van der Waals surface area (Å²) in [6.45, 7) is 4.76. The lowest BCUT2D eigenvalue weighted by Gasteiger charge is -2.32. The number of carbonyl (C=O) groups excluding carboxylic acids is 1. The minimum atomic E-state index is -0.174. The maximum absolute atomic E-state index is 13.7. The Morgan fingerprint density at radius 2 is 1.85 bits per heavy atom. The number of aromatic nitrogens is 1. The summed E-state index contributed by atoms with van der Waals surface area (Å²) in [6, 6.07) is 23.2. The van der Waals surface area contributed by atoms with Gasteiger partial charge in [0.2, 0.25) is 5.91 Å². The number of pyridine rings is 1. The van der Waals surface area contributed by atoms with Crippen LogP contribution in [0.25, 0.3) is 0 Å². The fourth-order valence-electron chi connectivity index (χ4n) is 4.94. The predicted molar refractivity (Wildman–Crippen MR) is 138 cm³/mol. The Labute approximate surface area is 206 Å². The zero-order valence-electron chi connectivity index (χ0n) is 19.6. The molecule has 3 aromatic rings. The van der Waals surface area contributed by atoms with Gasteiger partial charge >= 0.3 is 0 Å². The third kappa shape index (κ3) is 5.19. The van der Waals surface area contributed by atoms with E-state index in [0.29, 0.717) is 0 Å². The highest BCUT2D eigenvalue weighted by Gasteiger charge is 2.41. The highest BCUT2D eigenvalue weighted by atomic mass is 32.2. The molecular weight excluding hydrogens is 440 g/mol. The minimum Gasteiger partial charge on any atom is -0.320 e. The fraction of sp³-hybridized carbons (Fsp3) is 0.357. The monoisotopic (exact) mass is 472 g/mol. The summed E-state index contributed by atoms with van der Waals surface area (Å²) in [4.78, 5) is 22.5. The second-order valence-corrected chi connectivity index (χ2v) is 10.3. The van der Waals surface area contributed by atoms with Gasteiger partial charge in [0, 0.05) is 37.8 Å². The van der Waals surface area contributed by atoms with Crippen LogP contribution in [0.15, 0.2) is 79.1 Å². The van der Waals surface area contributed by atoms with Crippen molar-refractivity contribution in [3.63, 3.8) is 0 Å². The van der Waals surface area contributed by atoms with Gasteiger partial charge in [-0.05, 0) is 42.5 Å². The molecule has 2 aliphatic heterocycles. The first-order chi connectivity index (χ1) is 16.7. The number of hydrogen-bond donors (Lipinski definition) is 1. The van der Waals surface area contributed by atoms with Crippen molar-refractivity contribution >= 4 is 17.7 Å². The van der Waals surface area contributed by atoms with E-state index < -0.39 is 0 Å². The molecule has 5 rings (SSSR count). The number of benzene rings is 2. The molecule has 5 nitrogen and oxygen atoms in total. The van der Waals surface area contributed by atoms with E-state index in [2.05, 4.69) is 87.7 Å². The molecule has 3 heterocycles. The summed E-state index contributed by atoms with van der Waals surface area (Å²) in [6.07, 6.45) is 5.80. The van der Waals surface area contributed by atoms with Crippen LogP contribution < -0.4 is 5.32 Å². The van der Waals surface area contributed by atoms with Gasteiger partial charge in [-0.2, -0.15) is 0 Å². The minimum absolute atomic E-state index is 0.00637. The second-order valence-electron chi connectivity index (χ2n) is 9.16. The van der Waals surface area contributed by atoms with Crippen LogP contribution >= 0.6 is 11.8 Å². The van der Waals surface area contributed by atoms with E-state index in [1.165, 1.54) is 16.7 Å². The van der Waals surface area contributed by atoms with Crippen LogP contribution in [0.1, 0.15) is 40.2 Å². The van der Waals surface area contributed by atoms with E-state index in [1.54, 1.807) is 18.0 Å². The Kier molecular flexibility index (Phi) is 7.28. The standard InChI is InChI=1S/C28H32N4OS/c1-21-11-13-23(14-12-21)27-31(16-6-9-22-7-3-2-4-8-22)17-18-32(27)28(33)25-20-34-26(30-25)24-10-5-15-29-19-24/h2-5,7-8,10-15,19,25-27,30H,6,9,16-18,20H2,1H3. The van der Waals surface area contributed by atoms with Gasteiger partial charge in [0.15, 0.2) is 0 Å². The lowest BCUT2D eigenvalue weighted by atomic mass is 10.1. The van der Waals surface area contributed by atoms with Crippen molar-refractivity contribution in [2.45, 2.75) is 37.3 Å². The third-order valence-electron chi connectivity index (χ3n) is 6.75. The molecule has 1 amide bonds. The molecule has 0 saturated carbocycles. The quantitative estimate of drug-likeness (QED) is 0.546. The molecule has 2 fully saturated rings. The molecule has 1 aromatic heterocycles. The summed E-state index contributed by atoms with van der Waals surface area (Å²) in [7, 11) is 0. The van der Waals surface area contributed by atoms with Crippen molar-refractivity contribution in [1.82, 2.24) is 20.1 Å². The van der Waals surface area contributed by atoms with E-state index in [1.807, 2.05) is 12.3 Å². The SMILES string of the molecule is Cc1ccc(C2N(CCCc3ccccc3)CCN2C(=O)C2CSC(c3cccnc3)N2)cc1. The van der Waals surface area contributed by atoms with Gasteiger partial charge in [0.1, 0.15) is 6.17 Å². The predicted octanol–water partition coefficient (Wildman–Crippen LogP) is 4.57. The Balaban J connectivity index is 1.29. The lowest BCUT2D eigenvalue weighted by molar-refractivity contribution is -0.135. The zero-order valence-corrected chi connectivity index (χ0v) is 20.5. The second kappa shape index (κ2) is 10.7. The van der Waals surface area contributed by atoms with Crippen molar-refractivity contribution in [3.8, 4) is 0 Å². The van der Waals surface area contributed by atoms with Crippen LogP contribution in [0.3, 0.4) is 0 Å². The van der Waals surface area contributed by atoms with Gasteiger partial charge in [0.25, 0.3) is 0 Å². The van der Waals surface area contributed by atoms with Gasteiger partial charge < -0.3 is 4.90 Å². The Morgan fingerprint density at radius 3 is 2.62 bits per heavy atom. The fourth-order valence-corrected chi connectivity index (χ4v) is 6.16. The van der Waals surface area contributed by atoms with Crippen LogP contribution in [-0.4, -0.2) is 52.1 Å². The smallest absolute Gasteiger partial charge is 0.242 e. The first kappa shape index (κ1) is 23.1. The number of rotatable bonds is 7. The van der Waals surface area contributed by atoms with E-state index in [4.69, 9.17) is 0 Å². The molecule has 176 valence electrons. The van der Waals surface area contributed by atoms with Gasteiger partial charge in [-0.15, -0.1) is 11.8 Å². The average Bonchev–Trinajstić information content (AvgIpc) is 3.54. The normalized spacial score (nSPS) is 22.9. The third-order valence-corrected chi connectivity index (χ3v) is 8.02. The van der Waals surface area contributed by atoms with Crippen molar-refractivity contribution in [2.75, 3.05) is 25.4 Å². The van der Waals surface area contributed by atoms with Gasteiger partial charge in [-0.1, -0.05) is 66.2 Å². The number of hydrogen-bond acceptors (Lipinski definition) is 5. The Bertz CT molecular complexity index is 1080. The number of aryl methyl sites for hydroxylation is 2. The zero-order chi connectivity index (χ0) is 23.3. The van der Waals surface area contributed by atoms with Crippen molar-refractivity contribution in [3.05, 3.63) is 101 Å². The molecule has 2 saturated heterocycles. The number of thioether (sulfide) groups is 1.